The molecule has 0 aromatic heterocycles. The van der Waals surface area contributed by atoms with Crippen molar-refractivity contribution in [1.82, 2.24) is 10.6 Å². The minimum atomic E-state index is -1.20. The highest BCUT2D eigenvalue weighted by Crippen LogP contribution is 2.27. The fourth-order valence-corrected chi connectivity index (χ4v) is 2.55. The summed E-state index contributed by atoms with van der Waals surface area (Å²) in [6.45, 7) is 6.86. The van der Waals surface area contributed by atoms with Crippen LogP contribution in [0, 0.1) is 5.41 Å². The molecule has 1 saturated carbocycles. The summed E-state index contributed by atoms with van der Waals surface area (Å²) in [4.78, 5) is 35.9. The molecule has 1 aliphatic rings. The summed E-state index contributed by atoms with van der Waals surface area (Å²) in [7, 11) is 0. The molecule has 0 spiro atoms. The van der Waals surface area contributed by atoms with Gasteiger partial charge >= 0.3 is 5.97 Å². The summed E-state index contributed by atoms with van der Waals surface area (Å²) >= 11 is 0. The maximum atomic E-state index is 12.3. The van der Waals surface area contributed by atoms with E-state index in [1.54, 1.807) is 27.7 Å². The summed E-state index contributed by atoms with van der Waals surface area (Å²) in [5, 5.41) is 14.9. The molecule has 0 aliphatic heterocycles. The van der Waals surface area contributed by atoms with E-state index >= 15 is 0 Å². The van der Waals surface area contributed by atoms with Crippen LogP contribution in [0.25, 0.3) is 0 Å². The highest BCUT2D eigenvalue weighted by molar-refractivity contribution is 5.92. The van der Waals surface area contributed by atoms with E-state index in [0.29, 0.717) is 12.8 Å². The third-order valence-electron chi connectivity index (χ3n) is 4.15. The Morgan fingerprint density at radius 3 is 1.95 bits per heavy atom. The van der Waals surface area contributed by atoms with Crippen molar-refractivity contribution in [2.24, 2.45) is 5.41 Å². The summed E-state index contributed by atoms with van der Waals surface area (Å²) in [5.74, 6) is -1.67. The normalized spacial score (nSPS) is 19.6. The standard InChI is InChI=1S/C16H28N2O4/c1-11(17-13(20)15(2,3)4)12(19)18-16(14(21)22)9-7-5-6-8-10-16/h11H,5-10H2,1-4H3,(H,17,20)(H,18,19)(H,21,22). The van der Waals surface area contributed by atoms with E-state index in [4.69, 9.17) is 0 Å². The molecule has 0 radical (unpaired) electrons. The second-order valence-corrected chi connectivity index (χ2v) is 7.24. The van der Waals surface area contributed by atoms with Gasteiger partial charge < -0.3 is 15.7 Å². The first-order chi connectivity index (χ1) is 10.1. The number of rotatable bonds is 4. The summed E-state index contributed by atoms with van der Waals surface area (Å²) < 4.78 is 0. The number of nitrogens with one attached hydrogen (secondary N) is 2. The van der Waals surface area contributed by atoms with Gasteiger partial charge in [-0.25, -0.2) is 4.79 Å². The lowest BCUT2D eigenvalue weighted by Gasteiger charge is -2.31. The SMILES string of the molecule is CC(NC(=O)C(C)(C)C)C(=O)NC1(C(=O)O)CCCCCC1. The molecule has 126 valence electrons. The number of hydrogen-bond acceptors (Lipinski definition) is 3. The second-order valence-electron chi connectivity index (χ2n) is 7.24. The van der Waals surface area contributed by atoms with Crippen LogP contribution in [-0.4, -0.2) is 34.5 Å². The van der Waals surface area contributed by atoms with Crippen LogP contribution < -0.4 is 10.6 Å². The van der Waals surface area contributed by atoms with Crippen molar-refractivity contribution in [1.29, 1.82) is 0 Å². The maximum absolute atomic E-state index is 12.3. The highest BCUT2D eigenvalue weighted by Gasteiger charge is 2.41. The minimum Gasteiger partial charge on any atom is -0.480 e. The van der Waals surface area contributed by atoms with Crippen LogP contribution in [0.15, 0.2) is 0 Å². The molecule has 0 bridgehead atoms. The first-order valence-corrected chi connectivity index (χ1v) is 7.95. The van der Waals surface area contributed by atoms with Crippen LogP contribution in [0.3, 0.4) is 0 Å². The number of carboxylic acid groups (broad SMARTS) is 1. The van der Waals surface area contributed by atoms with E-state index < -0.39 is 28.9 Å². The Hall–Kier alpha value is -1.59. The number of amides is 2. The summed E-state index contributed by atoms with van der Waals surface area (Å²) in [5.41, 5.74) is -1.80. The highest BCUT2D eigenvalue weighted by atomic mass is 16.4. The Morgan fingerprint density at radius 1 is 1.05 bits per heavy atom. The molecule has 6 heteroatoms. The Labute approximate surface area is 132 Å². The van der Waals surface area contributed by atoms with Crippen LogP contribution in [0.1, 0.15) is 66.2 Å². The van der Waals surface area contributed by atoms with Crippen molar-refractivity contribution in [3.05, 3.63) is 0 Å². The van der Waals surface area contributed by atoms with Crippen LogP contribution in [0.2, 0.25) is 0 Å². The Bertz CT molecular complexity index is 432. The fourth-order valence-electron chi connectivity index (χ4n) is 2.55. The number of carboxylic acids is 1. The van der Waals surface area contributed by atoms with Gasteiger partial charge in [0, 0.05) is 5.41 Å². The second kappa shape index (κ2) is 7.11. The lowest BCUT2D eigenvalue weighted by atomic mass is 9.89. The van der Waals surface area contributed by atoms with E-state index in [1.807, 2.05) is 0 Å². The lowest BCUT2D eigenvalue weighted by Crippen LogP contribution is -2.59. The van der Waals surface area contributed by atoms with Gasteiger partial charge in [-0.3, -0.25) is 9.59 Å². The molecule has 2 amide bonds. The Balaban J connectivity index is 2.75. The molecule has 1 aliphatic carbocycles. The van der Waals surface area contributed by atoms with Gasteiger partial charge in [-0.05, 0) is 19.8 Å². The number of aliphatic carboxylic acids is 1. The first kappa shape index (κ1) is 18.5. The third kappa shape index (κ3) is 4.71. The monoisotopic (exact) mass is 312 g/mol. The van der Waals surface area contributed by atoms with Crippen molar-refractivity contribution in [2.45, 2.75) is 77.8 Å². The van der Waals surface area contributed by atoms with Crippen molar-refractivity contribution in [2.75, 3.05) is 0 Å². The predicted molar refractivity (Wildman–Crippen MR) is 83.3 cm³/mol. The molecule has 0 aromatic carbocycles. The van der Waals surface area contributed by atoms with Gasteiger partial charge in [0.2, 0.25) is 11.8 Å². The van der Waals surface area contributed by atoms with E-state index in [9.17, 15) is 19.5 Å². The smallest absolute Gasteiger partial charge is 0.329 e. The Kier molecular flexibility index (Phi) is 5.97. The predicted octanol–water partition coefficient (Wildman–Crippen LogP) is 1.83. The zero-order valence-corrected chi connectivity index (χ0v) is 14.0. The fraction of sp³-hybridized carbons (Fsp3) is 0.812. The average molecular weight is 312 g/mol. The average Bonchev–Trinajstić information content (AvgIpc) is 2.64. The molecule has 1 unspecified atom stereocenters. The van der Waals surface area contributed by atoms with Gasteiger partial charge in [-0.15, -0.1) is 0 Å². The third-order valence-corrected chi connectivity index (χ3v) is 4.15. The molecule has 1 rings (SSSR count). The molecule has 1 atom stereocenters. The van der Waals surface area contributed by atoms with Crippen LogP contribution >= 0.6 is 0 Å². The van der Waals surface area contributed by atoms with Gasteiger partial charge in [-0.2, -0.15) is 0 Å². The Morgan fingerprint density at radius 2 is 1.55 bits per heavy atom. The van der Waals surface area contributed by atoms with Gasteiger partial charge in [-0.1, -0.05) is 46.5 Å². The molecule has 0 heterocycles. The maximum Gasteiger partial charge on any atom is 0.329 e. The number of carbonyl (C=O) groups is 3. The van der Waals surface area contributed by atoms with Crippen LogP contribution in [0.5, 0.6) is 0 Å². The van der Waals surface area contributed by atoms with Gasteiger partial charge in [0.25, 0.3) is 0 Å². The van der Waals surface area contributed by atoms with Gasteiger partial charge in [0.15, 0.2) is 0 Å². The largest absolute Gasteiger partial charge is 0.480 e. The van der Waals surface area contributed by atoms with Crippen molar-refractivity contribution in [3.8, 4) is 0 Å². The van der Waals surface area contributed by atoms with Crippen molar-refractivity contribution >= 4 is 17.8 Å². The zero-order chi connectivity index (χ0) is 17.0. The van der Waals surface area contributed by atoms with E-state index in [0.717, 1.165) is 25.7 Å². The van der Waals surface area contributed by atoms with Crippen molar-refractivity contribution in [3.63, 3.8) is 0 Å². The molecule has 0 saturated heterocycles. The van der Waals surface area contributed by atoms with Crippen molar-refractivity contribution < 1.29 is 19.5 Å². The molecule has 1 fully saturated rings. The van der Waals surface area contributed by atoms with Crippen LogP contribution in [-0.2, 0) is 14.4 Å². The number of hydrogen-bond donors (Lipinski definition) is 3. The topological polar surface area (TPSA) is 95.5 Å². The van der Waals surface area contributed by atoms with E-state index in [-0.39, 0.29) is 5.91 Å². The molecule has 6 nitrogen and oxygen atoms in total. The quantitative estimate of drug-likeness (QED) is 0.690. The summed E-state index contributed by atoms with van der Waals surface area (Å²) in [6, 6.07) is -0.758. The van der Waals surface area contributed by atoms with E-state index in [2.05, 4.69) is 10.6 Å². The van der Waals surface area contributed by atoms with E-state index in [1.165, 1.54) is 0 Å². The van der Waals surface area contributed by atoms with Gasteiger partial charge in [0.05, 0.1) is 0 Å². The zero-order valence-electron chi connectivity index (χ0n) is 14.0. The van der Waals surface area contributed by atoms with Gasteiger partial charge in [0.1, 0.15) is 11.6 Å². The molecule has 22 heavy (non-hydrogen) atoms. The molecule has 0 aromatic rings. The molecule has 3 N–H and O–H groups in total. The molecular formula is C16H28N2O4. The lowest BCUT2D eigenvalue weighted by molar-refractivity contribution is -0.148. The summed E-state index contributed by atoms with van der Waals surface area (Å²) in [6.07, 6.45) is 4.43. The van der Waals surface area contributed by atoms with Crippen LogP contribution in [0.4, 0.5) is 0 Å². The minimum absolute atomic E-state index is 0.236. The first-order valence-electron chi connectivity index (χ1n) is 7.95. The number of carbonyl (C=O) groups excluding carboxylic acids is 2. The molecular weight excluding hydrogens is 284 g/mol.